The zero-order valence-electron chi connectivity index (χ0n) is 35.8. The number of nitrogens with zero attached hydrogens (tertiary/aromatic N) is 5. The Hall–Kier alpha value is -5.73. The highest BCUT2D eigenvalue weighted by molar-refractivity contribution is 6.78. The molecule has 2 saturated heterocycles. The molecule has 13 nitrogen and oxygen atoms in total. The average molecular weight is 831 g/mol. The third-order valence-electron chi connectivity index (χ3n) is 11.8. The topological polar surface area (TPSA) is 149 Å². The molecule has 7 rings (SSSR count). The molecule has 4 heterocycles. The Morgan fingerprint density at radius 3 is 2.15 bits per heavy atom. The van der Waals surface area contributed by atoms with Gasteiger partial charge in [0.1, 0.15) is 35.2 Å². The molecule has 2 aromatic heterocycles. The summed E-state index contributed by atoms with van der Waals surface area (Å²) in [5, 5.41) is 2.74. The molecule has 5 aromatic rings. The van der Waals surface area contributed by atoms with Crippen LogP contribution in [0.25, 0.3) is 22.5 Å². The number of likely N-dealkylation sites (N-methyl/N-ethyl adjacent to an activating group) is 1. The lowest BCUT2D eigenvalue weighted by molar-refractivity contribution is -0.138. The highest BCUT2D eigenvalue weighted by Gasteiger charge is 2.46. The first-order chi connectivity index (χ1) is 28.9. The van der Waals surface area contributed by atoms with Crippen LogP contribution in [0, 0.1) is 5.92 Å². The summed E-state index contributed by atoms with van der Waals surface area (Å²) in [5.41, 5.74) is 4.58. The third-order valence-corrected chi connectivity index (χ3v) is 14.5. The van der Waals surface area contributed by atoms with Crippen molar-refractivity contribution in [3.8, 4) is 34.0 Å². The maximum absolute atomic E-state index is 14.2. The summed E-state index contributed by atoms with van der Waals surface area (Å²) in [5.74, 6) is 2.76. The molecule has 4 atom stereocenters. The zero-order valence-corrected chi connectivity index (χ0v) is 36.8. The monoisotopic (exact) mass is 830 g/mol. The molecule has 2 aliphatic rings. The van der Waals surface area contributed by atoms with Crippen molar-refractivity contribution in [2.75, 3.05) is 32.9 Å². The second-order valence-corrected chi connectivity index (χ2v) is 22.0. The van der Waals surface area contributed by atoms with Gasteiger partial charge in [-0.3, -0.25) is 14.5 Å². The van der Waals surface area contributed by atoms with E-state index in [0.717, 1.165) is 71.7 Å². The van der Waals surface area contributed by atoms with Crippen LogP contribution in [0.1, 0.15) is 75.9 Å². The van der Waals surface area contributed by atoms with Crippen molar-refractivity contribution in [3.63, 3.8) is 0 Å². The van der Waals surface area contributed by atoms with Gasteiger partial charge in [-0.05, 0) is 85.4 Å². The Balaban J connectivity index is 1.02. The van der Waals surface area contributed by atoms with Crippen LogP contribution in [-0.2, 0) is 14.3 Å². The summed E-state index contributed by atoms with van der Waals surface area (Å²) in [7, 11) is -0.461. The Kier molecular flexibility index (Phi) is 12.9. The van der Waals surface area contributed by atoms with Gasteiger partial charge in [0.2, 0.25) is 11.8 Å². The van der Waals surface area contributed by atoms with Crippen molar-refractivity contribution in [2.45, 2.75) is 83.8 Å². The van der Waals surface area contributed by atoms with Crippen LogP contribution in [0.2, 0.25) is 19.1 Å². The highest BCUT2D eigenvalue weighted by atomic mass is 28.3. The summed E-state index contributed by atoms with van der Waals surface area (Å²) in [6.45, 7) is 14.9. The van der Waals surface area contributed by atoms with E-state index in [1.54, 1.807) is 6.20 Å². The number of hydrogen-bond donors (Lipinski definition) is 3. The quantitative estimate of drug-likeness (QED) is 0.0944. The van der Waals surface area contributed by atoms with Gasteiger partial charge in [0.15, 0.2) is 0 Å². The minimum Gasteiger partial charge on any atom is -0.457 e. The van der Waals surface area contributed by atoms with Crippen molar-refractivity contribution in [3.05, 3.63) is 108 Å². The largest absolute Gasteiger partial charge is 0.457 e. The number of ether oxygens (including phenoxy) is 2. The molecule has 14 heteroatoms. The van der Waals surface area contributed by atoms with Crippen LogP contribution in [0.15, 0.2) is 91.3 Å². The summed E-state index contributed by atoms with van der Waals surface area (Å²) in [4.78, 5) is 63.0. The number of alkyl carbamates (subject to hydrolysis) is 1. The third kappa shape index (κ3) is 9.19. The van der Waals surface area contributed by atoms with E-state index in [-0.39, 0.29) is 35.9 Å². The Morgan fingerprint density at radius 1 is 0.833 bits per heavy atom. The van der Waals surface area contributed by atoms with Crippen molar-refractivity contribution in [1.82, 2.24) is 40.0 Å². The minimum atomic E-state index is -1.76. The lowest BCUT2D eigenvalue weighted by Gasteiger charge is -2.34. The number of aromatic amines is 2. The Morgan fingerprint density at radius 2 is 1.50 bits per heavy atom. The van der Waals surface area contributed by atoms with Crippen LogP contribution in [0.4, 0.5) is 4.79 Å². The van der Waals surface area contributed by atoms with Gasteiger partial charge in [0.05, 0.1) is 51.0 Å². The van der Waals surface area contributed by atoms with Gasteiger partial charge < -0.3 is 34.6 Å². The van der Waals surface area contributed by atoms with Crippen LogP contribution >= 0.6 is 0 Å². The van der Waals surface area contributed by atoms with Crippen LogP contribution in [0.5, 0.6) is 11.5 Å². The van der Waals surface area contributed by atoms with Gasteiger partial charge in [-0.15, -0.1) is 0 Å². The number of hydrogen-bond acceptors (Lipinski definition) is 8. The number of aromatic nitrogens is 4. The SMILES string of the molecule is CCN(CC)C(C(=O)N1CCCC1c1ncc(-c2ccc(Oc3cccc(-c4cnc(C5C[Si](C)(C)CN5C(=O)C(NC(=O)OC)C(C)C)[nH]4)c3)cc2)[nH]1)c1ccccc1. The second kappa shape index (κ2) is 18.3. The molecule has 2 fully saturated rings. The standard InChI is InChI=1S/C46H58N8O5Si/c1-8-52(9-2)41(32-15-11-10-12-16-32)45(56)53-24-14-19-38(53)42-47-26-36(49-42)31-20-22-34(23-21-31)59-35-18-13-17-33(25-35)37-27-48-43(50-37)39-28-60(6,7)29-54(39)44(55)40(30(3)4)51-46(57)58-5/h10-13,15-18,20-23,25-27,30,38-41H,8-9,14,19,24,28-29H2,1-7H3,(H,47,49)(H,48,50)(H,51,57). The van der Waals surface area contributed by atoms with Gasteiger partial charge in [-0.2, -0.15) is 0 Å². The molecule has 3 aromatic carbocycles. The van der Waals surface area contributed by atoms with E-state index in [9.17, 15) is 14.4 Å². The molecule has 3 N–H and O–H groups in total. The maximum atomic E-state index is 14.2. The summed E-state index contributed by atoms with van der Waals surface area (Å²) >= 11 is 0. The van der Waals surface area contributed by atoms with E-state index in [1.807, 2.05) is 109 Å². The first-order valence-corrected chi connectivity index (χ1v) is 24.5. The number of methoxy groups -OCH3 is 1. The predicted molar refractivity (Wildman–Crippen MR) is 235 cm³/mol. The average Bonchev–Trinajstić information content (AvgIpc) is 4.09. The van der Waals surface area contributed by atoms with E-state index in [1.165, 1.54) is 7.11 Å². The molecule has 0 saturated carbocycles. The number of carbonyl (C=O) groups is 3. The van der Waals surface area contributed by atoms with Crippen molar-refractivity contribution in [2.24, 2.45) is 5.92 Å². The highest BCUT2D eigenvalue weighted by Crippen LogP contribution is 2.39. The molecular formula is C46H58N8O5Si. The first-order valence-electron chi connectivity index (χ1n) is 21.1. The molecule has 2 aliphatic heterocycles. The number of rotatable bonds is 14. The number of carbonyl (C=O) groups excluding carboxylic acids is 3. The number of H-pyrrole nitrogens is 2. The van der Waals surface area contributed by atoms with Gasteiger partial charge in [-0.1, -0.05) is 83.3 Å². The normalized spacial score (nSPS) is 18.5. The Labute approximate surface area is 353 Å². The number of amides is 3. The van der Waals surface area contributed by atoms with E-state index in [0.29, 0.717) is 24.2 Å². The van der Waals surface area contributed by atoms with Crippen LogP contribution < -0.4 is 10.1 Å². The first kappa shape index (κ1) is 42.4. The van der Waals surface area contributed by atoms with Crippen molar-refractivity contribution in [1.29, 1.82) is 0 Å². The van der Waals surface area contributed by atoms with E-state index in [4.69, 9.17) is 19.4 Å². The van der Waals surface area contributed by atoms with Crippen molar-refractivity contribution < 1.29 is 23.9 Å². The minimum absolute atomic E-state index is 0.116. The predicted octanol–water partition coefficient (Wildman–Crippen LogP) is 8.52. The molecular weight excluding hydrogens is 773 g/mol. The lowest BCUT2D eigenvalue weighted by Crippen LogP contribution is -2.52. The fraction of sp³-hybridized carbons (Fsp3) is 0.413. The fourth-order valence-corrected chi connectivity index (χ4v) is 11.6. The number of nitrogens with one attached hydrogen (secondary N) is 3. The van der Waals surface area contributed by atoms with Gasteiger partial charge in [0, 0.05) is 18.3 Å². The van der Waals surface area contributed by atoms with Gasteiger partial charge in [0.25, 0.3) is 0 Å². The summed E-state index contributed by atoms with van der Waals surface area (Å²) in [6, 6.07) is 25.3. The number of likely N-dealkylation sites (tertiary alicyclic amines) is 1. The van der Waals surface area contributed by atoms with E-state index < -0.39 is 20.2 Å². The molecule has 0 radical (unpaired) electrons. The van der Waals surface area contributed by atoms with Crippen molar-refractivity contribution >= 4 is 26.0 Å². The fourth-order valence-electron chi connectivity index (χ4n) is 8.70. The molecule has 4 unspecified atom stereocenters. The number of imidazole rings is 2. The molecule has 0 bridgehead atoms. The molecule has 3 amide bonds. The maximum Gasteiger partial charge on any atom is 0.407 e. The Bertz CT molecular complexity index is 2250. The van der Waals surface area contributed by atoms with E-state index >= 15 is 0 Å². The summed E-state index contributed by atoms with van der Waals surface area (Å²) < 4.78 is 11.1. The van der Waals surface area contributed by atoms with E-state index in [2.05, 4.69) is 47.1 Å². The van der Waals surface area contributed by atoms with Crippen LogP contribution in [0.3, 0.4) is 0 Å². The van der Waals surface area contributed by atoms with Crippen LogP contribution in [-0.4, -0.2) is 99.6 Å². The smallest absolute Gasteiger partial charge is 0.407 e. The number of benzene rings is 3. The lowest BCUT2D eigenvalue weighted by atomic mass is 10.0. The summed E-state index contributed by atoms with van der Waals surface area (Å²) in [6.07, 6.45) is 5.49. The molecule has 60 heavy (non-hydrogen) atoms. The second-order valence-electron chi connectivity index (χ2n) is 17.0. The zero-order chi connectivity index (χ0) is 42.6. The molecule has 0 aliphatic carbocycles. The molecule has 0 spiro atoms. The van der Waals surface area contributed by atoms with Gasteiger partial charge in [-0.25, -0.2) is 14.8 Å². The molecule has 316 valence electrons. The van der Waals surface area contributed by atoms with Gasteiger partial charge >= 0.3 is 6.09 Å².